The fourth-order valence-corrected chi connectivity index (χ4v) is 2.16. The maximum atomic E-state index is 13.5. The zero-order valence-electron chi connectivity index (χ0n) is 10.7. The summed E-state index contributed by atoms with van der Waals surface area (Å²) in [5.41, 5.74) is 1.06. The highest BCUT2D eigenvalue weighted by atomic mass is 35.5. The van der Waals surface area contributed by atoms with Crippen LogP contribution in [0.3, 0.4) is 0 Å². The monoisotopic (exact) mass is 299 g/mol. The van der Waals surface area contributed by atoms with Crippen LogP contribution in [0.15, 0.2) is 48.7 Å². The third-order valence-corrected chi connectivity index (χ3v) is 3.31. The summed E-state index contributed by atoms with van der Waals surface area (Å²) < 4.78 is 27.0. The molecular weight excluding hydrogens is 292 g/mol. The van der Waals surface area contributed by atoms with Crippen LogP contribution in [0.5, 0.6) is 0 Å². The second-order valence-electron chi connectivity index (χ2n) is 4.37. The van der Waals surface area contributed by atoms with Gasteiger partial charge in [-0.25, -0.2) is 8.78 Å². The number of aromatic nitrogens is 1. The largest absolute Gasteiger partial charge is 0.256 e. The van der Waals surface area contributed by atoms with Crippen LogP contribution in [0.2, 0.25) is 5.02 Å². The van der Waals surface area contributed by atoms with Crippen molar-refractivity contribution in [3.8, 4) is 11.8 Å². The molecule has 0 unspecified atom stereocenters. The molecule has 3 rings (SSSR count). The van der Waals surface area contributed by atoms with Gasteiger partial charge in [0.1, 0.15) is 11.6 Å². The number of hydrogen-bond donors (Lipinski definition) is 0. The Kier molecular flexibility index (Phi) is 3.55. The zero-order chi connectivity index (χ0) is 14.8. The molecule has 0 radical (unpaired) electrons. The van der Waals surface area contributed by atoms with Gasteiger partial charge in [-0.15, -0.1) is 0 Å². The molecule has 0 saturated carbocycles. The molecule has 0 fully saturated rings. The molecule has 0 N–H and O–H groups in total. The van der Waals surface area contributed by atoms with Gasteiger partial charge < -0.3 is 0 Å². The van der Waals surface area contributed by atoms with E-state index in [1.165, 1.54) is 18.2 Å². The first kappa shape index (κ1) is 13.5. The van der Waals surface area contributed by atoms with Crippen LogP contribution in [-0.2, 0) is 0 Å². The molecule has 0 saturated heterocycles. The summed E-state index contributed by atoms with van der Waals surface area (Å²) in [6, 6.07) is 10.6. The predicted octanol–water partition coefficient (Wildman–Crippen LogP) is 4.57. The molecule has 0 atom stereocenters. The van der Waals surface area contributed by atoms with Crippen molar-refractivity contribution < 1.29 is 8.78 Å². The van der Waals surface area contributed by atoms with E-state index in [0.29, 0.717) is 16.1 Å². The number of hydrogen-bond acceptors (Lipinski definition) is 1. The Balaban J connectivity index is 2.05. The van der Waals surface area contributed by atoms with Crippen molar-refractivity contribution >= 4 is 22.5 Å². The summed E-state index contributed by atoms with van der Waals surface area (Å²) in [4.78, 5) is 4.19. The summed E-state index contributed by atoms with van der Waals surface area (Å²) in [6.45, 7) is 0. The summed E-state index contributed by atoms with van der Waals surface area (Å²) in [5, 5.41) is 1.40. The van der Waals surface area contributed by atoms with E-state index in [0.717, 1.165) is 5.39 Å². The first-order valence-electron chi connectivity index (χ1n) is 6.15. The zero-order valence-corrected chi connectivity index (χ0v) is 11.5. The topological polar surface area (TPSA) is 12.9 Å². The van der Waals surface area contributed by atoms with E-state index in [1.54, 1.807) is 30.5 Å². The third kappa shape index (κ3) is 2.72. The average Bonchev–Trinajstić information content (AvgIpc) is 2.47. The van der Waals surface area contributed by atoms with Gasteiger partial charge >= 0.3 is 0 Å². The number of halogens is 3. The molecule has 102 valence electrons. The Bertz CT molecular complexity index is 874. The molecule has 0 bridgehead atoms. The lowest BCUT2D eigenvalue weighted by molar-refractivity contribution is 0.577. The van der Waals surface area contributed by atoms with E-state index in [2.05, 4.69) is 16.8 Å². The van der Waals surface area contributed by atoms with Crippen LogP contribution in [-0.4, -0.2) is 4.98 Å². The number of nitrogens with zero attached hydrogens (tertiary/aromatic N) is 1. The first-order chi connectivity index (χ1) is 10.1. The highest BCUT2D eigenvalue weighted by molar-refractivity contribution is 6.35. The molecule has 1 aromatic heterocycles. The third-order valence-electron chi connectivity index (χ3n) is 2.98. The van der Waals surface area contributed by atoms with E-state index < -0.39 is 11.6 Å². The van der Waals surface area contributed by atoms with Gasteiger partial charge in [-0.3, -0.25) is 4.98 Å². The van der Waals surface area contributed by atoms with Crippen LogP contribution in [0, 0.1) is 23.5 Å². The molecule has 4 heteroatoms. The van der Waals surface area contributed by atoms with Gasteiger partial charge in [-0.2, -0.15) is 0 Å². The van der Waals surface area contributed by atoms with E-state index in [-0.39, 0.29) is 5.56 Å². The second-order valence-corrected chi connectivity index (χ2v) is 4.78. The minimum atomic E-state index is -0.676. The van der Waals surface area contributed by atoms with Gasteiger partial charge in [-0.1, -0.05) is 35.6 Å². The molecule has 0 aliphatic rings. The number of rotatable bonds is 0. The lowest BCUT2D eigenvalue weighted by Gasteiger charge is -1.99. The van der Waals surface area contributed by atoms with Crippen molar-refractivity contribution in [2.75, 3.05) is 0 Å². The normalized spacial score (nSPS) is 10.2. The van der Waals surface area contributed by atoms with E-state index in [1.807, 2.05) is 0 Å². The standard InChI is InChI=1S/C17H8ClF2N/c18-14-8-9-21-17-10-11(4-6-12(14)17)5-7-13-15(19)2-1-3-16(13)20/h1-4,6,8-10H. The molecule has 21 heavy (non-hydrogen) atoms. The SMILES string of the molecule is Fc1cccc(F)c1C#Cc1ccc2c(Cl)ccnc2c1. The molecule has 1 nitrogen and oxygen atoms in total. The van der Waals surface area contributed by atoms with Gasteiger partial charge in [0, 0.05) is 17.1 Å². The minimum Gasteiger partial charge on any atom is -0.256 e. The molecular formula is C17H8ClF2N. The molecule has 0 aliphatic carbocycles. The van der Waals surface area contributed by atoms with Gasteiger partial charge in [0.15, 0.2) is 0 Å². The van der Waals surface area contributed by atoms with E-state index in [4.69, 9.17) is 11.6 Å². The Hall–Kier alpha value is -2.44. The highest BCUT2D eigenvalue weighted by Gasteiger charge is 2.05. The Labute approximate surface area is 125 Å². The molecule has 2 aromatic carbocycles. The van der Waals surface area contributed by atoms with E-state index >= 15 is 0 Å². The molecule has 0 spiro atoms. The lowest BCUT2D eigenvalue weighted by Crippen LogP contribution is -1.89. The van der Waals surface area contributed by atoms with Gasteiger partial charge in [0.2, 0.25) is 0 Å². The lowest BCUT2D eigenvalue weighted by atomic mass is 10.1. The summed E-state index contributed by atoms with van der Waals surface area (Å²) in [6.07, 6.45) is 1.60. The van der Waals surface area contributed by atoms with Crippen molar-refractivity contribution in [3.63, 3.8) is 0 Å². The van der Waals surface area contributed by atoms with Crippen molar-refractivity contribution in [1.29, 1.82) is 0 Å². The van der Waals surface area contributed by atoms with Gasteiger partial charge in [-0.05, 0) is 30.3 Å². The Morgan fingerprint density at radius 2 is 1.71 bits per heavy atom. The Morgan fingerprint density at radius 1 is 0.952 bits per heavy atom. The smallest absolute Gasteiger partial charge is 0.141 e. The van der Waals surface area contributed by atoms with Crippen molar-refractivity contribution in [2.24, 2.45) is 0 Å². The number of benzene rings is 2. The van der Waals surface area contributed by atoms with E-state index in [9.17, 15) is 8.78 Å². The molecule has 1 heterocycles. The van der Waals surface area contributed by atoms with Crippen LogP contribution >= 0.6 is 11.6 Å². The van der Waals surface area contributed by atoms with Crippen LogP contribution in [0.25, 0.3) is 10.9 Å². The van der Waals surface area contributed by atoms with Gasteiger partial charge in [0.25, 0.3) is 0 Å². The van der Waals surface area contributed by atoms with Crippen molar-refractivity contribution in [1.82, 2.24) is 4.98 Å². The van der Waals surface area contributed by atoms with Crippen LogP contribution < -0.4 is 0 Å². The quantitative estimate of drug-likeness (QED) is 0.554. The summed E-state index contributed by atoms with van der Waals surface area (Å²) in [7, 11) is 0. The second kappa shape index (κ2) is 5.51. The molecule has 0 aliphatic heterocycles. The van der Waals surface area contributed by atoms with Crippen LogP contribution in [0.4, 0.5) is 8.78 Å². The fourth-order valence-electron chi connectivity index (χ4n) is 1.94. The predicted molar refractivity (Wildman–Crippen MR) is 79.1 cm³/mol. The van der Waals surface area contributed by atoms with Crippen LogP contribution in [0.1, 0.15) is 11.1 Å². The summed E-state index contributed by atoms with van der Waals surface area (Å²) in [5.74, 6) is 3.90. The molecule has 3 aromatic rings. The van der Waals surface area contributed by atoms with Gasteiger partial charge in [0.05, 0.1) is 16.1 Å². The van der Waals surface area contributed by atoms with Crippen molar-refractivity contribution in [2.45, 2.75) is 0 Å². The number of pyridine rings is 1. The van der Waals surface area contributed by atoms with Crippen molar-refractivity contribution in [3.05, 3.63) is 76.4 Å². The fraction of sp³-hybridized carbons (Fsp3) is 0. The molecule has 0 amide bonds. The average molecular weight is 300 g/mol. The number of fused-ring (bicyclic) bond motifs is 1. The Morgan fingerprint density at radius 3 is 2.48 bits per heavy atom. The highest BCUT2D eigenvalue weighted by Crippen LogP contribution is 2.22. The minimum absolute atomic E-state index is 0.239. The maximum Gasteiger partial charge on any atom is 0.141 e. The summed E-state index contributed by atoms with van der Waals surface area (Å²) >= 11 is 6.05. The maximum absolute atomic E-state index is 13.5. The first-order valence-corrected chi connectivity index (χ1v) is 6.53.